The highest BCUT2D eigenvalue weighted by Crippen LogP contribution is 2.38. The van der Waals surface area contributed by atoms with Gasteiger partial charge in [-0.15, -0.1) is 0 Å². The van der Waals surface area contributed by atoms with Gasteiger partial charge in [0.2, 0.25) is 5.91 Å². The molecule has 1 aliphatic heterocycles. The summed E-state index contributed by atoms with van der Waals surface area (Å²) >= 11 is 0. The number of rotatable bonds is 4. The van der Waals surface area contributed by atoms with Crippen molar-refractivity contribution in [2.75, 3.05) is 16.2 Å². The lowest BCUT2D eigenvalue weighted by molar-refractivity contribution is -0.117. The van der Waals surface area contributed by atoms with E-state index in [1.165, 1.54) is 54.3 Å². The number of benzene rings is 2. The lowest BCUT2D eigenvalue weighted by Gasteiger charge is -2.39. The van der Waals surface area contributed by atoms with E-state index in [-0.39, 0.29) is 22.1 Å². The molecule has 0 saturated carbocycles. The van der Waals surface area contributed by atoms with Crippen molar-refractivity contribution >= 4 is 33.3 Å². The standard InChI is InChI=1S/C19H20N2O6S/c1-12(22)21-11-19(2,3)27-17-9-8-15(10-16(17)21)28(25,26)20-14-6-4-13(5-7-14)18(23)24/h4-10,20H,11H2,1-3H3,(H,23,24). The van der Waals surface area contributed by atoms with Crippen LogP contribution in [0.25, 0.3) is 0 Å². The number of nitrogens with one attached hydrogen (secondary N) is 1. The number of fused-ring (bicyclic) bond motifs is 1. The van der Waals surface area contributed by atoms with Crippen LogP contribution in [0.5, 0.6) is 5.75 Å². The minimum Gasteiger partial charge on any atom is -0.484 e. The largest absolute Gasteiger partial charge is 0.484 e. The second-order valence-electron chi connectivity index (χ2n) is 7.08. The van der Waals surface area contributed by atoms with E-state index in [0.29, 0.717) is 18.0 Å². The highest BCUT2D eigenvalue weighted by molar-refractivity contribution is 7.92. The summed E-state index contributed by atoms with van der Waals surface area (Å²) in [6.45, 7) is 5.40. The van der Waals surface area contributed by atoms with Crippen molar-refractivity contribution in [2.45, 2.75) is 31.3 Å². The van der Waals surface area contributed by atoms with Crippen LogP contribution in [0.1, 0.15) is 31.1 Å². The van der Waals surface area contributed by atoms with Gasteiger partial charge in [0.05, 0.1) is 22.7 Å². The number of nitrogens with zero attached hydrogens (tertiary/aromatic N) is 1. The number of carbonyl (C=O) groups excluding carboxylic acids is 1. The highest BCUT2D eigenvalue weighted by atomic mass is 32.2. The molecule has 0 bridgehead atoms. The third-order valence-electron chi connectivity index (χ3n) is 4.22. The van der Waals surface area contributed by atoms with Gasteiger partial charge in [-0.1, -0.05) is 0 Å². The maximum Gasteiger partial charge on any atom is 0.335 e. The number of carbonyl (C=O) groups is 2. The molecule has 1 aliphatic rings. The van der Waals surface area contributed by atoms with Crippen molar-refractivity contribution in [2.24, 2.45) is 0 Å². The molecule has 0 atom stereocenters. The number of hydrogen-bond donors (Lipinski definition) is 2. The maximum atomic E-state index is 12.7. The average molecular weight is 404 g/mol. The Morgan fingerprint density at radius 2 is 1.79 bits per heavy atom. The second-order valence-corrected chi connectivity index (χ2v) is 8.77. The van der Waals surface area contributed by atoms with Crippen LogP contribution in [0.4, 0.5) is 11.4 Å². The number of ether oxygens (including phenoxy) is 1. The van der Waals surface area contributed by atoms with Gasteiger partial charge in [-0.05, 0) is 56.3 Å². The molecule has 9 heteroatoms. The van der Waals surface area contributed by atoms with Gasteiger partial charge in [0, 0.05) is 12.6 Å². The monoisotopic (exact) mass is 404 g/mol. The van der Waals surface area contributed by atoms with Crippen molar-refractivity contribution < 1.29 is 27.9 Å². The van der Waals surface area contributed by atoms with Gasteiger partial charge in [0.25, 0.3) is 10.0 Å². The molecule has 1 heterocycles. The number of amides is 1. The van der Waals surface area contributed by atoms with Gasteiger partial charge < -0.3 is 14.7 Å². The number of carboxylic acid groups (broad SMARTS) is 1. The average Bonchev–Trinajstić information content (AvgIpc) is 2.59. The van der Waals surface area contributed by atoms with Gasteiger partial charge in [-0.2, -0.15) is 0 Å². The van der Waals surface area contributed by atoms with Crippen LogP contribution in [0.3, 0.4) is 0 Å². The van der Waals surface area contributed by atoms with Gasteiger partial charge in [0.15, 0.2) is 0 Å². The summed E-state index contributed by atoms with van der Waals surface area (Å²) in [6.07, 6.45) is 0. The first-order valence-corrected chi connectivity index (χ1v) is 9.94. The molecule has 0 saturated heterocycles. The number of hydrogen-bond acceptors (Lipinski definition) is 5. The summed E-state index contributed by atoms with van der Waals surface area (Å²) in [7, 11) is -3.95. The molecule has 2 aromatic carbocycles. The van der Waals surface area contributed by atoms with Crippen molar-refractivity contribution in [1.82, 2.24) is 0 Å². The van der Waals surface area contributed by atoms with Crippen LogP contribution in [-0.4, -0.2) is 37.5 Å². The Balaban J connectivity index is 1.94. The van der Waals surface area contributed by atoms with Gasteiger partial charge in [-0.3, -0.25) is 9.52 Å². The zero-order valence-electron chi connectivity index (χ0n) is 15.6. The Kier molecular flexibility index (Phi) is 4.80. The predicted octanol–water partition coefficient (Wildman–Crippen LogP) is 2.71. The summed E-state index contributed by atoms with van der Waals surface area (Å²) in [6, 6.07) is 9.65. The summed E-state index contributed by atoms with van der Waals surface area (Å²) < 4.78 is 33.7. The lowest BCUT2D eigenvalue weighted by atomic mass is 10.1. The Bertz CT molecular complexity index is 1040. The molecular formula is C19H20N2O6S. The van der Waals surface area contributed by atoms with Crippen LogP contribution in [0.2, 0.25) is 0 Å². The van der Waals surface area contributed by atoms with E-state index >= 15 is 0 Å². The summed E-state index contributed by atoms with van der Waals surface area (Å²) in [5, 5.41) is 8.92. The van der Waals surface area contributed by atoms with Crippen LogP contribution in [-0.2, 0) is 14.8 Å². The Hall–Kier alpha value is -3.07. The molecule has 0 unspecified atom stereocenters. The third-order valence-corrected chi connectivity index (χ3v) is 5.60. The zero-order chi connectivity index (χ0) is 20.7. The normalized spacial score (nSPS) is 15.3. The van der Waals surface area contributed by atoms with Crippen LogP contribution in [0, 0.1) is 0 Å². The quantitative estimate of drug-likeness (QED) is 0.810. The number of sulfonamides is 1. The number of aromatic carboxylic acids is 1. The van der Waals surface area contributed by atoms with Gasteiger partial charge >= 0.3 is 5.97 Å². The summed E-state index contributed by atoms with van der Waals surface area (Å²) in [5.41, 5.74) is 0.0662. The van der Waals surface area contributed by atoms with Crippen molar-refractivity contribution in [3.63, 3.8) is 0 Å². The summed E-state index contributed by atoms with van der Waals surface area (Å²) in [5.74, 6) is -0.892. The van der Waals surface area contributed by atoms with Crippen molar-refractivity contribution in [3.8, 4) is 5.75 Å². The lowest BCUT2D eigenvalue weighted by Crippen LogP contribution is -2.48. The molecule has 0 aromatic heterocycles. The van der Waals surface area contributed by atoms with E-state index in [2.05, 4.69) is 4.72 Å². The molecule has 0 spiro atoms. The fourth-order valence-corrected chi connectivity index (χ4v) is 4.01. The topological polar surface area (TPSA) is 113 Å². The van der Waals surface area contributed by atoms with E-state index in [1.54, 1.807) is 0 Å². The van der Waals surface area contributed by atoms with Crippen molar-refractivity contribution in [1.29, 1.82) is 0 Å². The first kappa shape index (κ1) is 19.7. The van der Waals surface area contributed by atoms with Gasteiger partial charge in [-0.25, -0.2) is 13.2 Å². The fraction of sp³-hybridized carbons (Fsp3) is 0.263. The SMILES string of the molecule is CC(=O)N1CC(C)(C)Oc2ccc(S(=O)(=O)Nc3ccc(C(=O)O)cc3)cc21. The number of anilines is 2. The Morgan fingerprint density at radius 3 is 2.36 bits per heavy atom. The number of carboxylic acids is 1. The van der Waals surface area contributed by atoms with E-state index in [1.807, 2.05) is 13.8 Å². The van der Waals surface area contributed by atoms with Crippen LogP contribution in [0.15, 0.2) is 47.4 Å². The fourth-order valence-electron chi connectivity index (χ4n) is 2.93. The van der Waals surface area contributed by atoms with E-state index in [9.17, 15) is 18.0 Å². The molecule has 0 aliphatic carbocycles. The Labute approximate surface area is 162 Å². The van der Waals surface area contributed by atoms with E-state index in [4.69, 9.17) is 9.84 Å². The molecule has 0 fully saturated rings. The van der Waals surface area contributed by atoms with Crippen LogP contribution >= 0.6 is 0 Å². The Morgan fingerprint density at radius 1 is 1.14 bits per heavy atom. The first-order chi connectivity index (χ1) is 13.0. The highest BCUT2D eigenvalue weighted by Gasteiger charge is 2.34. The van der Waals surface area contributed by atoms with Crippen LogP contribution < -0.4 is 14.4 Å². The van der Waals surface area contributed by atoms with Gasteiger partial charge in [0.1, 0.15) is 11.4 Å². The van der Waals surface area contributed by atoms with E-state index < -0.39 is 21.6 Å². The third kappa shape index (κ3) is 3.94. The predicted molar refractivity (Wildman–Crippen MR) is 103 cm³/mol. The molecule has 1 amide bonds. The maximum absolute atomic E-state index is 12.7. The minimum atomic E-state index is -3.95. The van der Waals surface area contributed by atoms with Crippen molar-refractivity contribution in [3.05, 3.63) is 48.0 Å². The molecular weight excluding hydrogens is 384 g/mol. The molecule has 28 heavy (non-hydrogen) atoms. The first-order valence-electron chi connectivity index (χ1n) is 8.46. The molecule has 0 radical (unpaired) electrons. The molecule has 3 rings (SSSR count). The van der Waals surface area contributed by atoms with E-state index in [0.717, 1.165) is 0 Å². The smallest absolute Gasteiger partial charge is 0.335 e. The molecule has 2 N–H and O–H groups in total. The minimum absolute atomic E-state index is 0.0388. The molecule has 2 aromatic rings. The molecule has 148 valence electrons. The second kappa shape index (κ2) is 6.83. The molecule has 8 nitrogen and oxygen atoms in total. The summed E-state index contributed by atoms with van der Waals surface area (Å²) in [4.78, 5) is 24.4. The zero-order valence-corrected chi connectivity index (χ0v) is 16.4.